The number of hydrogen-bond acceptors (Lipinski definition) is 5. The van der Waals surface area contributed by atoms with Crippen LogP contribution < -0.4 is 5.32 Å². The molecule has 0 aromatic carbocycles. The lowest BCUT2D eigenvalue weighted by molar-refractivity contribution is -0.133. The molecule has 3 rings (SSSR count). The molecule has 6 nitrogen and oxygen atoms in total. The molecule has 0 unspecified atom stereocenters. The molecule has 1 saturated carbocycles. The van der Waals surface area contributed by atoms with Crippen molar-refractivity contribution in [3.05, 3.63) is 17.0 Å². The molecule has 7 heteroatoms. The van der Waals surface area contributed by atoms with Crippen molar-refractivity contribution in [2.24, 2.45) is 5.92 Å². The predicted molar refractivity (Wildman–Crippen MR) is 106 cm³/mol. The molecule has 1 aromatic heterocycles. The largest absolute Gasteiger partial charge is 0.340 e. The van der Waals surface area contributed by atoms with Crippen molar-refractivity contribution in [2.75, 3.05) is 38.0 Å². The van der Waals surface area contributed by atoms with E-state index in [1.807, 2.05) is 4.90 Å². The van der Waals surface area contributed by atoms with Crippen LogP contribution >= 0.6 is 11.3 Å². The van der Waals surface area contributed by atoms with Gasteiger partial charge in [0.05, 0.1) is 5.56 Å². The summed E-state index contributed by atoms with van der Waals surface area (Å²) in [5.41, 5.74) is 0.512. The molecule has 0 bridgehead atoms. The average molecular weight is 389 g/mol. The van der Waals surface area contributed by atoms with Crippen LogP contribution in [-0.2, 0) is 9.59 Å². The van der Waals surface area contributed by atoms with Gasteiger partial charge in [-0.15, -0.1) is 11.3 Å². The Morgan fingerprint density at radius 3 is 2.63 bits per heavy atom. The lowest BCUT2D eigenvalue weighted by Crippen LogP contribution is -2.49. The zero-order valence-corrected chi connectivity index (χ0v) is 16.6. The maximum Gasteiger partial charge on any atom is 0.226 e. The van der Waals surface area contributed by atoms with Crippen LogP contribution in [0.3, 0.4) is 0 Å². The third kappa shape index (κ3) is 5.78. The Balaban J connectivity index is 1.32. The van der Waals surface area contributed by atoms with Crippen LogP contribution in [0, 0.1) is 17.2 Å². The maximum atomic E-state index is 12.4. The van der Waals surface area contributed by atoms with Gasteiger partial charge in [0.25, 0.3) is 0 Å². The van der Waals surface area contributed by atoms with Crippen molar-refractivity contribution in [1.82, 2.24) is 9.80 Å². The van der Waals surface area contributed by atoms with Gasteiger partial charge in [0, 0.05) is 45.6 Å². The third-order valence-electron chi connectivity index (χ3n) is 5.66. The molecule has 27 heavy (non-hydrogen) atoms. The van der Waals surface area contributed by atoms with Gasteiger partial charge >= 0.3 is 0 Å². The minimum Gasteiger partial charge on any atom is -0.340 e. The summed E-state index contributed by atoms with van der Waals surface area (Å²) in [4.78, 5) is 28.7. The number of carbonyl (C=O) groups excluding carboxylic acids is 2. The number of nitriles is 1. The fourth-order valence-corrected chi connectivity index (χ4v) is 4.70. The molecule has 1 saturated heterocycles. The first-order valence-electron chi connectivity index (χ1n) is 9.93. The van der Waals surface area contributed by atoms with E-state index in [4.69, 9.17) is 5.26 Å². The molecule has 0 spiro atoms. The molecule has 2 amide bonds. The standard InChI is InChI=1S/C20H28N4O2S/c21-15-17-8-14-27-20(17)22-18(25)7-9-23-10-12-24(13-11-23)19(26)6-5-16-3-1-2-4-16/h8,14,16H,1-7,9-13H2,(H,22,25). The highest BCUT2D eigenvalue weighted by Gasteiger charge is 2.23. The minimum atomic E-state index is -0.0657. The van der Waals surface area contributed by atoms with Gasteiger partial charge < -0.3 is 10.2 Å². The molecule has 1 aliphatic heterocycles. The number of anilines is 1. The van der Waals surface area contributed by atoms with E-state index in [2.05, 4.69) is 16.3 Å². The minimum absolute atomic E-state index is 0.0657. The quantitative estimate of drug-likeness (QED) is 0.779. The van der Waals surface area contributed by atoms with Crippen LogP contribution in [0.5, 0.6) is 0 Å². The Labute approximate surface area is 165 Å². The van der Waals surface area contributed by atoms with Crippen molar-refractivity contribution < 1.29 is 9.59 Å². The second kappa shape index (κ2) is 9.86. The Bertz CT molecular complexity index is 682. The Morgan fingerprint density at radius 1 is 1.19 bits per heavy atom. The first kappa shape index (κ1) is 19.8. The average Bonchev–Trinajstić information content (AvgIpc) is 3.36. The number of nitrogens with one attached hydrogen (secondary N) is 1. The maximum absolute atomic E-state index is 12.4. The highest BCUT2D eigenvalue weighted by atomic mass is 32.1. The fraction of sp³-hybridized carbons (Fsp3) is 0.650. The van der Waals surface area contributed by atoms with E-state index in [-0.39, 0.29) is 5.91 Å². The molecule has 2 aliphatic rings. The second-order valence-corrected chi connectivity index (χ2v) is 8.40. The van der Waals surface area contributed by atoms with Crippen LogP contribution in [-0.4, -0.2) is 54.3 Å². The van der Waals surface area contributed by atoms with Crippen LogP contribution in [0.25, 0.3) is 0 Å². The van der Waals surface area contributed by atoms with Crippen LogP contribution in [0.1, 0.15) is 50.5 Å². The number of nitrogens with zero attached hydrogens (tertiary/aromatic N) is 3. The van der Waals surface area contributed by atoms with Gasteiger partial charge in [-0.05, 0) is 23.8 Å². The van der Waals surface area contributed by atoms with Crippen LogP contribution in [0.4, 0.5) is 5.00 Å². The van der Waals surface area contributed by atoms with Crippen molar-refractivity contribution in [2.45, 2.75) is 44.9 Å². The van der Waals surface area contributed by atoms with Crippen molar-refractivity contribution in [1.29, 1.82) is 5.26 Å². The summed E-state index contributed by atoms with van der Waals surface area (Å²) in [5, 5.41) is 14.2. The molecule has 1 aliphatic carbocycles. The van der Waals surface area contributed by atoms with E-state index >= 15 is 0 Å². The van der Waals surface area contributed by atoms with E-state index in [0.29, 0.717) is 35.9 Å². The number of rotatable bonds is 7. The van der Waals surface area contributed by atoms with E-state index in [1.165, 1.54) is 37.0 Å². The summed E-state index contributed by atoms with van der Waals surface area (Å²) in [7, 11) is 0. The van der Waals surface area contributed by atoms with E-state index in [0.717, 1.165) is 38.5 Å². The number of thiophene rings is 1. The van der Waals surface area contributed by atoms with Gasteiger partial charge in [0.1, 0.15) is 11.1 Å². The third-order valence-corrected chi connectivity index (χ3v) is 6.49. The van der Waals surface area contributed by atoms with Gasteiger partial charge in [0.2, 0.25) is 11.8 Å². The molecule has 146 valence electrons. The van der Waals surface area contributed by atoms with Crippen molar-refractivity contribution >= 4 is 28.2 Å². The van der Waals surface area contributed by atoms with Crippen molar-refractivity contribution in [3.8, 4) is 6.07 Å². The van der Waals surface area contributed by atoms with Gasteiger partial charge in [-0.2, -0.15) is 5.26 Å². The topological polar surface area (TPSA) is 76.4 Å². The Kier molecular flexibility index (Phi) is 7.25. The molecular weight excluding hydrogens is 360 g/mol. The molecule has 2 heterocycles. The van der Waals surface area contributed by atoms with E-state index in [9.17, 15) is 9.59 Å². The summed E-state index contributed by atoms with van der Waals surface area (Å²) in [5.74, 6) is 0.990. The molecule has 1 N–H and O–H groups in total. The van der Waals surface area contributed by atoms with Gasteiger partial charge in [-0.1, -0.05) is 25.7 Å². The monoisotopic (exact) mass is 388 g/mol. The second-order valence-electron chi connectivity index (χ2n) is 7.48. The SMILES string of the molecule is N#Cc1ccsc1NC(=O)CCN1CCN(C(=O)CCC2CCCC2)CC1. The van der Waals surface area contributed by atoms with E-state index < -0.39 is 0 Å². The normalized spacial score (nSPS) is 18.4. The van der Waals surface area contributed by atoms with Crippen molar-refractivity contribution in [3.63, 3.8) is 0 Å². The lowest BCUT2D eigenvalue weighted by atomic mass is 10.0. The fourth-order valence-electron chi connectivity index (χ4n) is 3.95. The number of piperazine rings is 1. The highest BCUT2D eigenvalue weighted by molar-refractivity contribution is 7.14. The summed E-state index contributed by atoms with van der Waals surface area (Å²) < 4.78 is 0. The first-order chi connectivity index (χ1) is 13.2. The Hall–Kier alpha value is -1.91. The molecule has 0 atom stereocenters. The smallest absolute Gasteiger partial charge is 0.226 e. The predicted octanol–water partition coefficient (Wildman–Crippen LogP) is 3.06. The van der Waals surface area contributed by atoms with E-state index in [1.54, 1.807) is 11.4 Å². The number of hydrogen-bond donors (Lipinski definition) is 1. The molecule has 1 aromatic rings. The van der Waals surface area contributed by atoms with Gasteiger partial charge in [0.15, 0.2) is 0 Å². The van der Waals surface area contributed by atoms with Gasteiger partial charge in [-0.3, -0.25) is 14.5 Å². The lowest BCUT2D eigenvalue weighted by Gasteiger charge is -2.34. The summed E-state index contributed by atoms with van der Waals surface area (Å²) in [6, 6.07) is 3.79. The summed E-state index contributed by atoms with van der Waals surface area (Å²) >= 11 is 1.37. The van der Waals surface area contributed by atoms with Crippen LogP contribution in [0.2, 0.25) is 0 Å². The molecule has 2 fully saturated rings. The number of carbonyl (C=O) groups is 2. The molecule has 0 radical (unpaired) electrons. The van der Waals surface area contributed by atoms with Gasteiger partial charge in [-0.25, -0.2) is 0 Å². The summed E-state index contributed by atoms with van der Waals surface area (Å²) in [6.45, 7) is 3.85. The molecular formula is C20H28N4O2S. The first-order valence-corrected chi connectivity index (χ1v) is 10.8. The number of amides is 2. The highest BCUT2D eigenvalue weighted by Crippen LogP contribution is 2.28. The zero-order chi connectivity index (χ0) is 19.1. The summed E-state index contributed by atoms with van der Waals surface area (Å²) in [6.07, 6.45) is 7.39. The zero-order valence-electron chi connectivity index (χ0n) is 15.8. The van der Waals surface area contributed by atoms with Crippen LogP contribution in [0.15, 0.2) is 11.4 Å². The Morgan fingerprint density at radius 2 is 1.93 bits per heavy atom.